The number of hydrazine groups is 1. The third-order valence-corrected chi connectivity index (χ3v) is 3.49. The van der Waals surface area contributed by atoms with Crippen LogP contribution in [-0.4, -0.2) is 25.8 Å². The van der Waals surface area contributed by atoms with Crippen LogP contribution >= 0.6 is 0 Å². The van der Waals surface area contributed by atoms with E-state index >= 15 is 0 Å². The van der Waals surface area contributed by atoms with Crippen molar-refractivity contribution in [2.45, 2.75) is 6.18 Å². The van der Waals surface area contributed by atoms with Crippen LogP contribution in [0.4, 0.5) is 13.2 Å². The van der Waals surface area contributed by atoms with Crippen molar-refractivity contribution < 1.29 is 18.0 Å². The molecule has 1 amide bonds. The van der Waals surface area contributed by atoms with Crippen molar-refractivity contribution in [2.24, 2.45) is 5.84 Å². The van der Waals surface area contributed by atoms with Crippen LogP contribution in [0.2, 0.25) is 0 Å². The van der Waals surface area contributed by atoms with Gasteiger partial charge in [-0.15, -0.1) is 0 Å². The quantitative estimate of drug-likeness (QED) is 0.361. The van der Waals surface area contributed by atoms with Crippen molar-refractivity contribution in [1.82, 2.24) is 25.4 Å². The summed E-state index contributed by atoms with van der Waals surface area (Å²) in [6.07, 6.45) is -2.20. The first kappa shape index (κ1) is 18.2. The fourth-order valence-corrected chi connectivity index (χ4v) is 2.19. The molecule has 11 heteroatoms. The number of carbonyl (C=O) groups excluding carboxylic acids is 1. The van der Waals surface area contributed by atoms with Crippen molar-refractivity contribution in [2.75, 3.05) is 0 Å². The molecule has 27 heavy (non-hydrogen) atoms. The molecule has 0 atom stereocenters. The molecule has 8 nitrogen and oxygen atoms in total. The smallest absolute Gasteiger partial charge is 0.328 e. The van der Waals surface area contributed by atoms with E-state index in [4.69, 9.17) is 5.84 Å². The molecule has 3 rings (SSSR count). The van der Waals surface area contributed by atoms with Crippen molar-refractivity contribution in [1.29, 1.82) is 0 Å². The van der Waals surface area contributed by atoms with Crippen LogP contribution in [0.5, 0.6) is 0 Å². The van der Waals surface area contributed by atoms with E-state index in [9.17, 15) is 22.8 Å². The molecule has 0 aliphatic rings. The van der Waals surface area contributed by atoms with Gasteiger partial charge in [0.25, 0.3) is 0 Å². The predicted octanol–water partition coefficient (Wildman–Crippen LogP) is 1.52. The molecule has 0 saturated heterocycles. The first-order valence-electron chi connectivity index (χ1n) is 7.40. The Morgan fingerprint density at radius 1 is 1.07 bits per heavy atom. The first-order valence-corrected chi connectivity index (χ1v) is 7.40. The Bertz CT molecular complexity index is 1030. The zero-order chi connectivity index (χ0) is 19.6. The number of amides is 1. The molecule has 0 unspecified atom stereocenters. The molecule has 138 valence electrons. The van der Waals surface area contributed by atoms with Crippen LogP contribution in [0.1, 0.15) is 16.3 Å². The number of H-pyrrole nitrogens is 1. The van der Waals surface area contributed by atoms with E-state index in [1.807, 2.05) is 5.43 Å². The highest BCUT2D eigenvalue weighted by Gasteiger charge is 2.32. The standard InChI is InChI=1S/C16H11F3N6O2/c17-16(18,19)12-3-1-8(6-21-12)10-5-11(9-2-4-13(26)22-7-9)24-14(23-10)15(27)25-20/h1-7H,20H2,(H,22,26)(H,25,27). The Morgan fingerprint density at radius 3 is 2.26 bits per heavy atom. The second kappa shape index (κ2) is 6.96. The summed E-state index contributed by atoms with van der Waals surface area (Å²) in [5.41, 5.74) is 1.62. The summed E-state index contributed by atoms with van der Waals surface area (Å²) in [4.78, 5) is 37.0. The minimum absolute atomic E-state index is 0.158. The largest absolute Gasteiger partial charge is 0.433 e. The summed E-state index contributed by atoms with van der Waals surface area (Å²) < 4.78 is 38.0. The van der Waals surface area contributed by atoms with E-state index in [2.05, 4.69) is 19.9 Å². The molecule has 0 radical (unpaired) electrons. The molecular formula is C16H11F3N6O2. The van der Waals surface area contributed by atoms with Crippen molar-refractivity contribution in [3.05, 3.63) is 64.6 Å². The summed E-state index contributed by atoms with van der Waals surface area (Å²) >= 11 is 0. The molecule has 3 heterocycles. The molecular weight excluding hydrogens is 365 g/mol. The summed E-state index contributed by atoms with van der Waals surface area (Å²) in [7, 11) is 0. The molecule has 0 saturated carbocycles. The van der Waals surface area contributed by atoms with Gasteiger partial charge in [-0.2, -0.15) is 13.2 Å². The van der Waals surface area contributed by atoms with Crippen molar-refractivity contribution >= 4 is 5.91 Å². The van der Waals surface area contributed by atoms with Crippen LogP contribution in [0, 0.1) is 0 Å². The number of hydrogen-bond donors (Lipinski definition) is 3. The molecule has 0 aliphatic heterocycles. The third kappa shape index (κ3) is 3.98. The molecule has 0 aliphatic carbocycles. The minimum atomic E-state index is -4.57. The van der Waals surface area contributed by atoms with E-state index < -0.39 is 17.8 Å². The number of halogens is 3. The Balaban J connectivity index is 2.11. The van der Waals surface area contributed by atoms with E-state index in [0.717, 1.165) is 12.3 Å². The number of pyridine rings is 2. The summed E-state index contributed by atoms with van der Waals surface area (Å²) in [6, 6.07) is 6.17. The fraction of sp³-hybridized carbons (Fsp3) is 0.0625. The Hall–Kier alpha value is -3.60. The minimum Gasteiger partial charge on any atom is -0.328 e. The van der Waals surface area contributed by atoms with Crippen LogP contribution in [0.15, 0.2) is 47.5 Å². The number of nitrogens with zero attached hydrogens (tertiary/aromatic N) is 3. The molecule has 0 bridgehead atoms. The predicted molar refractivity (Wildman–Crippen MR) is 88.0 cm³/mol. The average molecular weight is 376 g/mol. The zero-order valence-electron chi connectivity index (χ0n) is 13.4. The highest BCUT2D eigenvalue weighted by Crippen LogP contribution is 2.29. The SMILES string of the molecule is NNC(=O)c1nc(-c2ccc(C(F)(F)F)nc2)cc(-c2ccc(=O)[nH]c2)n1. The second-order valence-electron chi connectivity index (χ2n) is 5.31. The van der Waals surface area contributed by atoms with Crippen LogP contribution in [0.25, 0.3) is 22.5 Å². The zero-order valence-corrected chi connectivity index (χ0v) is 13.4. The first-order chi connectivity index (χ1) is 12.8. The van der Waals surface area contributed by atoms with Gasteiger partial charge >= 0.3 is 12.1 Å². The summed E-state index contributed by atoms with van der Waals surface area (Å²) in [5.74, 6) is 4.02. The van der Waals surface area contributed by atoms with Gasteiger partial charge in [0.15, 0.2) is 0 Å². The van der Waals surface area contributed by atoms with Gasteiger partial charge in [-0.05, 0) is 24.3 Å². The van der Waals surface area contributed by atoms with Gasteiger partial charge in [0.05, 0.1) is 11.4 Å². The lowest BCUT2D eigenvalue weighted by molar-refractivity contribution is -0.141. The summed E-state index contributed by atoms with van der Waals surface area (Å²) in [6.45, 7) is 0. The average Bonchev–Trinajstić information content (AvgIpc) is 2.67. The normalized spacial score (nSPS) is 11.3. The number of carbonyl (C=O) groups is 1. The highest BCUT2D eigenvalue weighted by molar-refractivity contribution is 5.91. The number of nitrogens with two attached hydrogens (primary N) is 1. The van der Waals surface area contributed by atoms with E-state index in [1.54, 1.807) is 0 Å². The van der Waals surface area contributed by atoms with Gasteiger partial charge in [0.1, 0.15) is 5.69 Å². The number of aromatic amines is 1. The Kier molecular flexibility index (Phi) is 4.69. The number of nitrogens with one attached hydrogen (secondary N) is 2. The van der Waals surface area contributed by atoms with E-state index in [0.29, 0.717) is 5.56 Å². The number of alkyl halides is 3. The number of nitrogen functional groups attached to an aromatic ring is 1. The second-order valence-corrected chi connectivity index (χ2v) is 5.31. The molecule has 0 spiro atoms. The van der Waals surface area contributed by atoms with Gasteiger partial charge in [-0.3, -0.25) is 20.0 Å². The molecule has 3 aromatic heterocycles. The number of hydrogen-bond acceptors (Lipinski definition) is 6. The fourth-order valence-electron chi connectivity index (χ4n) is 2.19. The molecule has 0 aromatic carbocycles. The van der Waals surface area contributed by atoms with Crippen LogP contribution < -0.4 is 16.8 Å². The topological polar surface area (TPSA) is 127 Å². The van der Waals surface area contributed by atoms with Gasteiger partial charge in [-0.25, -0.2) is 15.8 Å². The van der Waals surface area contributed by atoms with E-state index in [1.165, 1.54) is 30.5 Å². The van der Waals surface area contributed by atoms with Gasteiger partial charge < -0.3 is 4.98 Å². The molecule has 3 aromatic rings. The van der Waals surface area contributed by atoms with Gasteiger partial charge in [0, 0.05) is 29.6 Å². The lowest BCUT2D eigenvalue weighted by Crippen LogP contribution is -2.31. The highest BCUT2D eigenvalue weighted by atomic mass is 19.4. The van der Waals surface area contributed by atoms with Crippen molar-refractivity contribution in [3.63, 3.8) is 0 Å². The maximum atomic E-state index is 12.7. The van der Waals surface area contributed by atoms with Crippen LogP contribution in [-0.2, 0) is 6.18 Å². The van der Waals surface area contributed by atoms with Crippen LogP contribution in [0.3, 0.4) is 0 Å². The van der Waals surface area contributed by atoms with Gasteiger partial charge in [-0.1, -0.05) is 0 Å². The lowest BCUT2D eigenvalue weighted by Gasteiger charge is -2.09. The molecule has 4 N–H and O–H groups in total. The number of rotatable bonds is 3. The van der Waals surface area contributed by atoms with E-state index in [-0.39, 0.29) is 28.3 Å². The van der Waals surface area contributed by atoms with Crippen molar-refractivity contribution in [3.8, 4) is 22.5 Å². The maximum Gasteiger partial charge on any atom is 0.433 e. The number of aromatic nitrogens is 4. The van der Waals surface area contributed by atoms with Gasteiger partial charge in [0.2, 0.25) is 11.4 Å². The Labute approximate surface area is 149 Å². The third-order valence-electron chi connectivity index (χ3n) is 3.49. The lowest BCUT2D eigenvalue weighted by atomic mass is 10.1. The maximum absolute atomic E-state index is 12.7. The Morgan fingerprint density at radius 2 is 1.74 bits per heavy atom. The monoisotopic (exact) mass is 376 g/mol. The summed E-state index contributed by atoms with van der Waals surface area (Å²) in [5, 5.41) is 0. The molecule has 0 fully saturated rings.